The zero-order chi connectivity index (χ0) is 24.5. The zero-order valence-electron chi connectivity index (χ0n) is 18.5. The lowest BCUT2D eigenvalue weighted by Gasteiger charge is -2.12. The molecule has 3 rings (SSSR count). The summed E-state index contributed by atoms with van der Waals surface area (Å²) in [6, 6.07) is 16.1. The first kappa shape index (κ1) is 24.0. The van der Waals surface area contributed by atoms with Gasteiger partial charge in [-0.1, -0.05) is 17.7 Å². The third kappa shape index (κ3) is 6.42. The van der Waals surface area contributed by atoms with E-state index in [9.17, 15) is 20.2 Å². The number of nitro benzene ring substituents is 2. The van der Waals surface area contributed by atoms with Gasteiger partial charge in [0, 0.05) is 6.07 Å². The predicted molar refractivity (Wildman–Crippen MR) is 126 cm³/mol. The number of non-ortho nitro benzene ring substituents is 1. The van der Waals surface area contributed by atoms with Crippen molar-refractivity contribution in [3.05, 3.63) is 92.0 Å². The molecule has 0 amide bonds. The zero-order valence-corrected chi connectivity index (χ0v) is 18.5. The van der Waals surface area contributed by atoms with Crippen molar-refractivity contribution >= 4 is 23.3 Å². The Morgan fingerprint density at radius 2 is 1.65 bits per heavy atom. The molecular weight excluding hydrogens is 444 g/mol. The molecule has 3 aromatic carbocycles. The molecule has 0 unspecified atom stereocenters. The summed E-state index contributed by atoms with van der Waals surface area (Å²) in [5.41, 5.74) is 3.51. The van der Waals surface area contributed by atoms with E-state index in [1.165, 1.54) is 19.4 Å². The van der Waals surface area contributed by atoms with E-state index in [4.69, 9.17) is 14.2 Å². The van der Waals surface area contributed by atoms with Crippen LogP contribution in [0.1, 0.15) is 11.1 Å². The van der Waals surface area contributed by atoms with E-state index in [1.54, 1.807) is 18.2 Å². The number of nitrogens with one attached hydrogen (secondary N) is 1. The van der Waals surface area contributed by atoms with Gasteiger partial charge in [-0.05, 0) is 48.9 Å². The number of benzene rings is 3. The second-order valence-electron chi connectivity index (χ2n) is 7.01. The number of hydrogen-bond acceptors (Lipinski definition) is 9. The maximum Gasteiger partial charge on any atom is 0.301 e. The molecule has 0 atom stereocenters. The van der Waals surface area contributed by atoms with Gasteiger partial charge in [0.2, 0.25) is 0 Å². The minimum atomic E-state index is -0.720. The third-order valence-electron chi connectivity index (χ3n) is 4.61. The van der Waals surface area contributed by atoms with Gasteiger partial charge in [0.1, 0.15) is 24.7 Å². The number of anilines is 1. The monoisotopic (exact) mass is 466 g/mol. The van der Waals surface area contributed by atoms with Crippen molar-refractivity contribution in [2.24, 2.45) is 5.10 Å². The van der Waals surface area contributed by atoms with E-state index in [1.807, 2.05) is 31.2 Å². The Balaban J connectivity index is 1.60. The van der Waals surface area contributed by atoms with Crippen LogP contribution in [0.3, 0.4) is 0 Å². The summed E-state index contributed by atoms with van der Waals surface area (Å²) in [5.74, 6) is 1.75. The van der Waals surface area contributed by atoms with Crippen LogP contribution in [0.2, 0.25) is 0 Å². The van der Waals surface area contributed by atoms with Crippen LogP contribution in [-0.4, -0.2) is 36.4 Å². The van der Waals surface area contributed by atoms with Crippen molar-refractivity contribution in [3.63, 3.8) is 0 Å². The van der Waals surface area contributed by atoms with Crippen molar-refractivity contribution in [2.75, 3.05) is 25.7 Å². The van der Waals surface area contributed by atoms with Crippen LogP contribution in [-0.2, 0) is 0 Å². The van der Waals surface area contributed by atoms with Gasteiger partial charge in [0.05, 0.1) is 29.2 Å². The molecule has 0 heterocycles. The van der Waals surface area contributed by atoms with Gasteiger partial charge in [-0.2, -0.15) is 5.10 Å². The number of hydrogen-bond donors (Lipinski definition) is 1. The molecule has 11 heteroatoms. The van der Waals surface area contributed by atoms with Gasteiger partial charge >= 0.3 is 5.69 Å². The molecule has 34 heavy (non-hydrogen) atoms. The molecule has 0 bridgehead atoms. The summed E-state index contributed by atoms with van der Waals surface area (Å²) in [5, 5.41) is 26.0. The molecule has 0 aliphatic heterocycles. The molecule has 176 valence electrons. The highest BCUT2D eigenvalue weighted by molar-refractivity contribution is 5.82. The fourth-order valence-corrected chi connectivity index (χ4v) is 2.88. The molecule has 0 aliphatic rings. The number of aryl methyl sites for hydroxylation is 1. The van der Waals surface area contributed by atoms with E-state index < -0.39 is 15.5 Å². The first-order valence-corrected chi connectivity index (χ1v) is 10.1. The average molecular weight is 466 g/mol. The van der Waals surface area contributed by atoms with Gasteiger partial charge < -0.3 is 14.2 Å². The normalized spacial score (nSPS) is 10.6. The minimum absolute atomic E-state index is 0.0207. The molecular formula is C23H22N4O7. The maximum atomic E-state index is 11.2. The number of rotatable bonds is 11. The summed E-state index contributed by atoms with van der Waals surface area (Å²) >= 11 is 0. The first-order valence-electron chi connectivity index (χ1n) is 10.1. The Morgan fingerprint density at radius 1 is 0.912 bits per heavy atom. The number of nitro groups is 2. The molecule has 11 nitrogen and oxygen atoms in total. The van der Waals surface area contributed by atoms with Gasteiger partial charge in [0.15, 0.2) is 11.5 Å². The fraction of sp³-hybridized carbons (Fsp3) is 0.174. The molecule has 3 aromatic rings. The Labute approximate surface area is 194 Å². The van der Waals surface area contributed by atoms with Gasteiger partial charge in [0.25, 0.3) is 5.69 Å². The second kappa shape index (κ2) is 11.3. The number of ether oxygens (including phenoxy) is 3. The molecule has 0 saturated carbocycles. The Hall–Kier alpha value is -4.67. The topological polar surface area (TPSA) is 138 Å². The summed E-state index contributed by atoms with van der Waals surface area (Å²) in [7, 11) is 1.50. The summed E-state index contributed by atoms with van der Waals surface area (Å²) in [6.45, 7) is 2.67. The summed E-state index contributed by atoms with van der Waals surface area (Å²) in [6.07, 6.45) is 1.43. The van der Waals surface area contributed by atoms with Crippen LogP contribution >= 0.6 is 0 Å². The van der Waals surface area contributed by atoms with E-state index in [-0.39, 0.29) is 11.4 Å². The van der Waals surface area contributed by atoms with Crippen LogP contribution in [0.4, 0.5) is 17.1 Å². The molecule has 0 radical (unpaired) electrons. The Morgan fingerprint density at radius 3 is 2.32 bits per heavy atom. The molecule has 1 N–H and O–H groups in total. The van der Waals surface area contributed by atoms with E-state index in [2.05, 4.69) is 10.5 Å². The average Bonchev–Trinajstić information content (AvgIpc) is 2.83. The highest BCUT2D eigenvalue weighted by Gasteiger charge is 2.19. The lowest BCUT2D eigenvalue weighted by atomic mass is 10.2. The quantitative estimate of drug-likeness (QED) is 0.185. The van der Waals surface area contributed by atoms with Crippen LogP contribution < -0.4 is 19.6 Å². The van der Waals surface area contributed by atoms with Crippen molar-refractivity contribution in [3.8, 4) is 17.2 Å². The van der Waals surface area contributed by atoms with Crippen molar-refractivity contribution < 1.29 is 24.1 Å². The largest absolute Gasteiger partial charge is 0.493 e. The van der Waals surface area contributed by atoms with Crippen LogP contribution in [0.15, 0.2) is 65.8 Å². The molecule has 0 saturated heterocycles. The lowest BCUT2D eigenvalue weighted by Crippen LogP contribution is -2.09. The SMILES string of the molecule is COc1cc(/C=N\Nc2ccc([N+](=O)[O-])cc2[N+](=O)[O-])ccc1OCCOc1ccc(C)cc1. The highest BCUT2D eigenvalue weighted by atomic mass is 16.6. The predicted octanol–water partition coefficient (Wildman–Crippen LogP) is 4.72. The third-order valence-corrected chi connectivity index (χ3v) is 4.61. The van der Waals surface area contributed by atoms with Crippen LogP contribution in [0.5, 0.6) is 17.2 Å². The van der Waals surface area contributed by atoms with Crippen LogP contribution in [0, 0.1) is 27.2 Å². The lowest BCUT2D eigenvalue weighted by molar-refractivity contribution is -0.393. The van der Waals surface area contributed by atoms with Crippen molar-refractivity contribution in [2.45, 2.75) is 6.92 Å². The van der Waals surface area contributed by atoms with Gasteiger partial charge in [-0.25, -0.2) is 0 Å². The maximum absolute atomic E-state index is 11.2. The van der Waals surface area contributed by atoms with Gasteiger partial charge in [-0.3, -0.25) is 25.7 Å². The summed E-state index contributed by atoms with van der Waals surface area (Å²) < 4.78 is 16.7. The minimum Gasteiger partial charge on any atom is -0.493 e. The first-order chi connectivity index (χ1) is 16.4. The van der Waals surface area contributed by atoms with E-state index in [0.717, 1.165) is 23.4 Å². The molecule has 0 aliphatic carbocycles. The number of nitrogens with zero attached hydrogens (tertiary/aromatic N) is 3. The Kier molecular flexibility index (Phi) is 7.95. The summed E-state index contributed by atoms with van der Waals surface area (Å²) in [4.78, 5) is 20.6. The number of hydrazone groups is 1. The Bertz CT molecular complexity index is 1200. The fourth-order valence-electron chi connectivity index (χ4n) is 2.88. The molecule has 0 fully saturated rings. The van der Waals surface area contributed by atoms with E-state index >= 15 is 0 Å². The molecule has 0 spiro atoms. The van der Waals surface area contributed by atoms with E-state index in [0.29, 0.717) is 30.3 Å². The molecule has 0 aromatic heterocycles. The highest BCUT2D eigenvalue weighted by Crippen LogP contribution is 2.30. The van der Waals surface area contributed by atoms with Crippen molar-refractivity contribution in [1.29, 1.82) is 0 Å². The smallest absolute Gasteiger partial charge is 0.301 e. The van der Waals surface area contributed by atoms with Crippen molar-refractivity contribution in [1.82, 2.24) is 0 Å². The second-order valence-corrected chi connectivity index (χ2v) is 7.01. The number of methoxy groups -OCH3 is 1. The van der Waals surface area contributed by atoms with Gasteiger partial charge in [-0.15, -0.1) is 0 Å². The standard InChI is InChI=1S/C23H22N4O7/c1-16-3-7-19(8-4-16)33-11-12-34-22-10-5-17(13-23(22)32-2)15-24-25-20-9-6-18(26(28)29)14-21(20)27(30)31/h3-10,13-15,25H,11-12H2,1-2H3/b24-15-. The van der Waals surface area contributed by atoms with Crippen LogP contribution in [0.25, 0.3) is 0 Å².